The molecule has 0 spiro atoms. The van der Waals surface area contributed by atoms with E-state index in [9.17, 15) is 0 Å². The summed E-state index contributed by atoms with van der Waals surface area (Å²) in [4.78, 5) is 0. The monoisotopic (exact) mass is 284 g/mol. The molecule has 1 fully saturated rings. The third kappa shape index (κ3) is 1.80. The van der Waals surface area contributed by atoms with Crippen molar-refractivity contribution in [2.75, 3.05) is 0 Å². The van der Waals surface area contributed by atoms with Gasteiger partial charge < -0.3 is 0 Å². The summed E-state index contributed by atoms with van der Waals surface area (Å²) in [5.41, 5.74) is 1.49. The van der Waals surface area contributed by atoms with Crippen molar-refractivity contribution in [3.05, 3.63) is 48.6 Å². The number of hydrogen-bond donors (Lipinski definition) is 0. The molecular formula is C12H13I. The van der Waals surface area contributed by atoms with E-state index in [1.807, 2.05) is 6.08 Å². The predicted molar refractivity (Wildman–Crippen MR) is 65.3 cm³/mol. The van der Waals surface area contributed by atoms with Crippen LogP contribution >= 0.6 is 22.6 Å². The van der Waals surface area contributed by atoms with Crippen molar-refractivity contribution >= 4 is 22.6 Å². The molecule has 0 saturated heterocycles. The highest BCUT2D eigenvalue weighted by atomic mass is 127. The van der Waals surface area contributed by atoms with Gasteiger partial charge in [-0.1, -0.05) is 59.0 Å². The van der Waals surface area contributed by atoms with E-state index in [4.69, 9.17) is 0 Å². The van der Waals surface area contributed by atoms with Gasteiger partial charge >= 0.3 is 0 Å². The molecule has 1 aromatic rings. The van der Waals surface area contributed by atoms with Gasteiger partial charge in [-0.25, -0.2) is 0 Å². The zero-order valence-electron chi connectivity index (χ0n) is 7.49. The molecule has 1 saturated carbocycles. The molecule has 1 aromatic carbocycles. The van der Waals surface area contributed by atoms with Gasteiger partial charge in [-0.2, -0.15) is 0 Å². The van der Waals surface area contributed by atoms with Gasteiger partial charge in [0.25, 0.3) is 0 Å². The largest absolute Gasteiger partial charge is 0.103 e. The molecule has 0 N–H and O–H groups in total. The molecule has 1 heteroatoms. The molecule has 0 unspecified atom stereocenters. The Labute approximate surface area is 93.2 Å². The van der Waals surface area contributed by atoms with E-state index in [0.29, 0.717) is 0 Å². The Morgan fingerprint density at radius 3 is 2.62 bits per heavy atom. The molecule has 1 aliphatic carbocycles. The third-order valence-corrected chi connectivity index (χ3v) is 4.39. The van der Waals surface area contributed by atoms with Crippen molar-refractivity contribution in [3.63, 3.8) is 0 Å². The lowest BCUT2D eigenvalue weighted by atomic mass is 10.1. The fraction of sp³-hybridized carbons (Fsp3) is 0.333. The molecule has 0 nitrogen and oxygen atoms in total. The van der Waals surface area contributed by atoms with Crippen LogP contribution < -0.4 is 0 Å². The van der Waals surface area contributed by atoms with E-state index in [-0.39, 0.29) is 0 Å². The molecule has 0 heterocycles. The number of benzene rings is 1. The quantitative estimate of drug-likeness (QED) is 0.450. The molecule has 1 aliphatic rings. The molecular weight excluding hydrogens is 271 g/mol. The second kappa shape index (κ2) is 3.82. The smallest absolute Gasteiger partial charge is 0.0219 e. The highest BCUT2D eigenvalue weighted by molar-refractivity contribution is 14.1. The Morgan fingerprint density at radius 2 is 2.00 bits per heavy atom. The lowest BCUT2D eigenvalue weighted by Gasteiger charge is -1.96. The van der Waals surface area contributed by atoms with Crippen molar-refractivity contribution in [3.8, 4) is 0 Å². The minimum absolute atomic E-state index is 0.778. The molecule has 0 amide bonds. The van der Waals surface area contributed by atoms with Crippen LogP contribution in [0.2, 0.25) is 0 Å². The maximum atomic E-state index is 3.80. The van der Waals surface area contributed by atoms with E-state index >= 15 is 0 Å². The Bertz CT molecular complexity index is 291. The van der Waals surface area contributed by atoms with Crippen molar-refractivity contribution < 1.29 is 0 Å². The minimum Gasteiger partial charge on any atom is -0.103 e. The van der Waals surface area contributed by atoms with Gasteiger partial charge in [0.2, 0.25) is 0 Å². The zero-order chi connectivity index (χ0) is 9.26. The fourth-order valence-electron chi connectivity index (χ4n) is 1.91. The Morgan fingerprint density at radius 1 is 1.31 bits per heavy atom. The van der Waals surface area contributed by atoms with Crippen LogP contribution in [0.15, 0.2) is 43.0 Å². The van der Waals surface area contributed by atoms with Crippen LogP contribution in [-0.4, -0.2) is 3.92 Å². The van der Waals surface area contributed by atoms with Gasteiger partial charge in [-0.05, 0) is 17.9 Å². The second-order valence-electron chi connectivity index (χ2n) is 3.57. The van der Waals surface area contributed by atoms with Gasteiger partial charge in [0.1, 0.15) is 0 Å². The molecule has 0 radical (unpaired) electrons. The molecule has 2 rings (SSSR count). The van der Waals surface area contributed by atoms with Gasteiger partial charge in [-0.3, -0.25) is 0 Å². The Kier molecular flexibility index (Phi) is 2.72. The number of hydrogen-bond acceptors (Lipinski definition) is 0. The lowest BCUT2D eigenvalue weighted by molar-refractivity contribution is 0.824. The molecule has 13 heavy (non-hydrogen) atoms. The summed E-state index contributed by atoms with van der Waals surface area (Å²) in [5.74, 6) is 1.61. The van der Waals surface area contributed by atoms with Crippen molar-refractivity contribution in [2.45, 2.75) is 16.3 Å². The normalized spacial score (nSPS) is 31.3. The molecule has 68 valence electrons. The fourth-order valence-corrected chi connectivity index (χ4v) is 3.36. The topological polar surface area (TPSA) is 0 Å². The molecule has 3 atom stereocenters. The second-order valence-corrected chi connectivity index (χ2v) is 5.01. The van der Waals surface area contributed by atoms with E-state index < -0.39 is 0 Å². The van der Waals surface area contributed by atoms with Crippen LogP contribution in [0.1, 0.15) is 17.9 Å². The summed E-state index contributed by atoms with van der Waals surface area (Å²) in [6, 6.07) is 10.8. The summed E-state index contributed by atoms with van der Waals surface area (Å²) >= 11 is 2.56. The van der Waals surface area contributed by atoms with Crippen molar-refractivity contribution in [1.82, 2.24) is 0 Å². The Balaban J connectivity index is 2.09. The van der Waals surface area contributed by atoms with Crippen LogP contribution in [0, 0.1) is 5.92 Å². The first-order chi connectivity index (χ1) is 6.34. The van der Waals surface area contributed by atoms with Crippen LogP contribution in [0.25, 0.3) is 0 Å². The van der Waals surface area contributed by atoms with E-state index in [1.54, 1.807) is 0 Å². The van der Waals surface area contributed by atoms with Gasteiger partial charge in [-0.15, -0.1) is 6.58 Å². The third-order valence-electron chi connectivity index (χ3n) is 2.70. The summed E-state index contributed by atoms with van der Waals surface area (Å²) in [6.45, 7) is 3.80. The predicted octanol–water partition coefficient (Wildman–Crippen LogP) is 3.78. The van der Waals surface area contributed by atoms with Gasteiger partial charge in [0.15, 0.2) is 0 Å². The van der Waals surface area contributed by atoms with E-state index in [1.165, 1.54) is 5.56 Å². The van der Waals surface area contributed by atoms with Gasteiger partial charge in [0, 0.05) is 9.84 Å². The molecule has 0 bridgehead atoms. The van der Waals surface area contributed by atoms with Crippen molar-refractivity contribution in [2.24, 2.45) is 5.92 Å². The maximum absolute atomic E-state index is 3.80. The first-order valence-electron chi connectivity index (χ1n) is 4.64. The average Bonchev–Trinajstić information content (AvgIpc) is 2.79. The summed E-state index contributed by atoms with van der Waals surface area (Å²) in [5, 5.41) is 0. The molecule has 0 aromatic heterocycles. The minimum atomic E-state index is 0.778. The van der Waals surface area contributed by atoms with Crippen LogP contribution in [0.4, 0.5) is 0 Å². The summed E-state index contributed by atoms with van der Waals surface area (Å²) in [7, 11) is 0. The summed E-state index contributed by atoms with van der Waals surface area (Å²) < 4.78 is 0.818. The van der Waals surface area contributed by atoms with E-state index in [0.717, 1.165) is 22.2 Å². The average molecular weight is 284 g/mol. The number of halogens is 1. The first-order valence-corrected chi connectivity index (χ1v) is 5.89. The van der Waals surface area contributed by atoms with Crippen molar-refractivity contribution in [1.29, 1.82) is 0 Å². The number of rotatable bonds is 3. The van der Waals surface area contributed by atoms with Gasteiger partial charge in [0.05, 0.1) is 0 Å². The first kappa shape index (κ1) is 9.25. The standard InChI is InChI=1S/C12H13I/c1-2-6-10-11(12(10)13)9-7-4-3-5-8-9/h2-5,7-8,10-12H,1,6H2/t10-,11+,12+/m0/s1. The number of alkyl halides is 1. The highest BCUT2D eigenvalue weighted by Gasteiger charge is 2.47. The maximum Gasteiger partial charge on any atom is 0.0219 e. The van der Waals surface area contributed by atoms with E-state index in [2.05, 4.69) is 59.5 Å². The summed E-state index contributed by atoms with van der Waals surface area (Å²) in [6.07, 6.45) is 3.20. The van der Waals surface area contributed by atoms with Crippen LogP contribution in [0.5, 0.6) is 0 Å². The van der Waals surface area contributed by atoms with Crippen LogP contribution in [0.3, 0.4) is 0 Å². The SMILES string of the molecule is C=CC[C@@H]1[C@@H](I)[C@@H]1c1ccccc1. The highest BCUT2D eigenvalue weighted by Crippen LogP contribution is 2.55. The lowest BCUT2D eigenvalue weighted by Crippen LogP contribution is -1.81. The van der Waals surface area contributed by atoms with Crippen LogP contribution in [-0.2, 0) is 0 Å². The molecule has 0 aliphatic heterocycles. The Hall–Kier alpha value is -0.310. The zero-order valence-corrected chi connectivity index (χ0v) is 9.65. The number of allylic oxidation sites excluding steroid dienone is 1.